The molecular weight excluding hydrogens is 386 g/mol. The van der Waals surface area contributed by atoms with Gasteiger partial charge in [0, 0.05) is 63.6 Å². The molecule has 3 aromatic rings. The SMILES string of the molecule is COc1cc(-c2cc(C)c(=O)n(C)c2)ccc1CN1CCN(Cc2ccccc2)CC1. The monoisotopic (exact) mass is 417 g/mol. The normalized spacial score (nSPS) is 15.2. The predicted octanol–water partition coefficient (Wildman–Crippen LogP) is 3.69. The highest BCUT2D eigenvalue weighted by Gasteiger charge is 2.18. The van der Waals surface area contributed by atoms with Crippen molar-refractivity contribution in [3.63, 3.8) is 0 Å². The Balaban J connectivity index is 1.42. The van der Waals surface area contributed by atoms with Crippen LogP contribution in [0.2, 0.25) is 0 Å². The maximum Gasteiger partial charge on any atom is 0.253 e. The van der Waals surface area contributed by atoms with E-state index in [0.717, 1.165) is 61.7 Å². The number of rotatable bonds is 6. The number of aromatic nitrogens is 1. The van der Waals surface area contributed by atoms with Gasteiger partial charge in [-0.1, -0.05) is 42.5 Å². The fraction of sp³-hybridized carbons (Fsp3) is 0.346. The first-order chi connectivity index (χ1) is 15.0. The molecule has 5 nitrogen and oxygen atoms in total. The number of aryl methyl sites for hydroxylation is 2. The largest absolute Gasteiger partial charge is 0.496 e. The number of pyridine rings is 1. The van der Waals surface area contributed by atoms with E-state index in [2.05, 4.69) is 58.3 Å². The van der Waals surface area contributed by atoms with Crippen LogP contribution in [0.4, 0.5) is 0 Å². The molecule has 4 rings (SSSR count). The molecule has 5 heteroatoms. The van der Waals surface area contributed by atoms with Crippen molar-refractivity contribution in [2.45, 2.75) is 20.0 Å². The summed E-state index contributed by atoms with van der Waals surface area (Å²) in [4.78, 5) is 17.0. The van der Waals surface area contributed by atoms with Gasteiger partial charge in [0.2, 0.25) is 0 Å². The average molecular weight is 418 g/mol. The van der Waals surface area contributed by atoms with E-state index in [0.29, 0.717) is 0 Å². The third-order valence-corrected chi connectivity index (χ3v) is 6.09. The van der Waals surface area contributed by atoms with Crippen LogP contribution in [0.25, 0.3) is 11.1 Å². The Hall–Kier alpha value is -2.89. The molecule has 0 unspecified atom stereocenters. The zero-order valence-electron chi connectivity index (χ0n) is 18.7. The van der Waals surface area contributed by atoms with Gasteiger partial charge in [0.1, 0.15) is 5.75 Å². The van der Waals surface area contributed by atoms with Gasteiger partial charge in [-0.25, -0.2) is 0 Å². The lowest BCUT2D eigenvalue weighted by molar-refractivity contribution is 0.121. The molecule has 1 fully saturated rings. The van der Waals surface area contributed by atoms with Crippen molar-refractivity contribution in [2.75, 3.05) is 33.3 Å². The van der Waals surface area contributed by atoms with Crippen LogP contribution >= 0.6 is 0 Å². The van der Waals surface area contributed by atoms with Gasteiger partial charge in [0.25, 0.3) is 5.56 Å². The molecule has 0 bridgehead atoms. The van der Waals surface area contributed by atoms with E-state index in [4.69, 9.17) is 4.74 Å². The standard InChI is InChI=1S/C26H31N3O2/c1-20-15-24(18-27(2)26(20)30)22-9-10-23(25(16-22)31-3)19-29-13-11-28(12-14-29)17-21-7-5-4-6-8-21/h4-10,15-16,18H,11-14,17,19H2,1-3H3. The van der Waals surface area contributed by atoms with Crippen molar-refractivity contribution in [1.29, 1.82) is 0 Å². The van der Waals surface area contributed by atoms with Crippen LogP contribution in [-0.2, 0) is 20.1 Å². The van der Waals surface area contributed by atoms with Gasteiger partial charge in [-0.15, -0.1) is 0 Å². The van der Waals surface area contributed by atoms with Crippen LogP contribution in [0.1, 0.15) is 16.7 Å². The van der Waals surface area contributed by atoms with Gasteiger partial charge in [0.15, 0.2) is 0 Å². The Kier molecular flexibility index (Phi) is 6.54. The van der Waals surface area contributed by atoms with E-state index in [-0.39, 0.29) is 5.56 Å². The molecule has 1 aliphatic heterocycles. The van der Waals surface area contributed by atoms with E-state index < -0.39 is 0 Å². The molecule has 2 heterocycles. The smallest absolute Gasteiger partial charge is 0.253 e. The Morgan fingerprint density at radius 1 is 0.871 bits per heavy atom. The topological polar surface area (TPSA) is 37.7 Å². The van der Waals surface area contributed by atoms with Crippen LogP contribution in [0.5, 0.6) is 5.75 Å². The van der Waals surface area contributed by atoms with E-state index in [1.165, 1.54) is 11.1 Å². The molecule has 0 spiro atoms. The van der Waals surface area contributed by atoms with E-state index >= 15 is 0 Å². The summed E-state index contributed by atoms with van der Waals surface area (Å²) in [5.74, 6) is 0.899. The van der Waals surface area contributed by atoms with Gasteiger partial charge >= 0.3 is 0 Å². The molecule has 0 saturated carbocycles. The molecule has 0 radical (unpaired) electrons. The van der Waals surface area contributed by atoms with Gasteiger partial charge in [-0.05, 0) is 35.7 Å². The Bertz CT molecular complexity index is 1060. The minimum atomic E-state index is 0.0405. The lowest BCUT2D eigenvalue weighted by Crippen LogP contribution is -2.45. The van der Waals surface area contributed by atoms with E-state index in [9.17, 15) is 4.79 Å². The summed E-state index contributed by atoms with van der Waals surface area (Å²) in [6.07, 6.45) is 1.88. The van der Waals surface area contributed by atoms with Crippen molar-refractivity contribution >= 4 is 0 Å². The fourth-order valence-electron chi connectivity index (χ4n) is 4.28. The fourth-order valence-corrected chi connectivity index (χ4v) is 4.28. The Labute approximate surface area is 184 Å². The second kappa shape index (κ2) is 9.50. The highest BCUT2D eigenvalue weighted by molar-refractivity contribution is 5.66. The van der Waals surface area contributed by atoms with Crippen LogP contribution in [0.3, 0.4) is 0 Å². The molecule has 0 amide bonds. The quantitative estimate of drug-likeness (QED) is 0.613. The summed E-state index contributed by atoms with van der Waals surface area (Å²) in [5, 5.41) is 0. The van der Waals surface area contributed by atoms with Crippen LogP contribution in [-0.4, -0.2) is 47.7 Å². The van der Waals surface area contributed by atoms with Gasteiger partial charge in [-0.3, -0.25) is 14.6 Å². The maximum atomic E-state index is 12.0. The number of nitrogens with zero attached hydrogens (tertiary/aromatic N) is 3. The Morgan fingerprint density at radius 2 is 1.55 bits per heavy atom. The third kappa shape index (κ3) is 5.06. The van der Waals surface area contributed by atoms with Crippen LogP contribution in [0.15, 0.2) is 65.6 Å². The summed E-state index contributed by atoms with van der Waals surface area (Å²) in [6, 6.07) is 19.0. The second-order valence-corrected chi connectivity index (χ2v) is 8.39. The summed E-state index contributed by atoms with van der Waals surface area (Å²) >= 11 is 0. The van der Waals surface area contributed by atoms with Crippen molar-refractivity contribution in [3.05, 3.63) is 87.8 Å². The van der Waals surface area contributed by atoms with Crippen molar-refractivity contribution in [2.24, 2.45) is 7.05 Å². The molecule has 1 aromatic heterocycles. The van der Waals surface area contributed by atoms with Gasteiger partial charge < -0.3 is 9.30 Å². The van der Waals surface area contributed by atoms with Crippen LogP contribution in [0, 0.1) is 6.92 Å². The molecule has 0 N–H and O–H groups in total. The van der Waals surface area contributed by atoms with Crippen molar-refractivity contribution in [3.8, 4) is 16.9 Å². The zero-order valence-corrected chi connectivity index (χ0v) is 18.7. The summed E-state index contributed by atoms with van der Waals surface area (Å²) in [6.45, 7) is 8.02. The van der Waals surface area contributed by atoms with Gasteiger partial charge in [-0.2, -0.15) is 0 Å². The number of methoxy groups -OCH3 is 1. The number of hydrogen-bond donors (Lipinski definition) is 0. The molecule has 0 atom stereocenters. The highest BCUT2D eigenvalue weighted by atomic mass is 16.5. The predicted molar refractivity (Wildman–Crippen MR) is 125 cm³/mol. The van der Waals surface area contributed by atoms with E-state index in [1.54, 1.807) is 18.7 Å². The zero-order chi connectivity index (χ0) is 21.8. The molecular formula is C26H31N3O2. The molecule has 1 aliphatic rings. The van der Waals surface area contributed by atoms with Gasteiger partial charge in [0.05, 0.1) is 7.11 Å². The number of hydrogen-bond acceptors (Lipinski definition) is 4. The summed E-state index contributed by atoms with van der Waals surface area (Å²) in [7, 11) is 3.52. The highest BCUT2D eigenvalue weighted by Crippen LogP contribution is 2.28. The minimum absolute atomic E-state index is 0.0405. The average Bonchev–Trinajstić information content (AvgIpc) is 2.79. The summed E-state index contributed by atoms with van der Waals surface area (Å²) in [5.41, 5.74) is 5.45. The first-order valence-electron chi connectivity index (χ1n) is 10.9. The first-order valence-corrected chi connectivity index (χ1v) is 10.9. The number of benzene rings is 2. The lowest BCUT2D eigenvalue weighted by Gasteiger charge is -2.35. The second-order valence-electron chi connectivity index (χ2n) is 8.39. The lowest BCUT2D eigenvalue weighted by atomic mass is 10.0. The van der Waals surface area contributed by atoms with Crippen molar-refractivity contribution < 1.29 is 4.74 Å². The minimum Gasteiger partial charge on any atom is -0.496 e. The molecule has 1 saturated heterocycles. The Morgan fingerprint density at radius 3 is 2.19 bits per heavy atom. The molecule has 162 valence electrons. The number of piperazine rings is 1. The molecule has 0 aliphatic carbocycles. The third-order valence-electron chi connectivity index (χ3n) is 6.09. The number of ether oxygens (including phenoxy) is 1. The molecule has 31 heavy (non-hydrogen) atoms. The molecule has 2 aromatic carbocycles. The van der Waals surface area contributed by atoms with Crippen molar-refractivity contribution in [1.82, 2.24) is 14.4 Å². The van der Waals surface area contributed by atoms with Crippen LogP contribution < -0.4 is 10.3 Å². The first kappa shape index (κ1) is 21.3. The maximum absolute atomic E-state index is 12.0. The summed E-state index contributed by atoms with van der Waals surface area (Å²) < 4.78 is 7.37. The van der Waals surface area contributed by atoms with E-state index in [1.807, 2.05) is 19.2 Å².